The minimum Gasteiger partial charge on any atom is -0.489 e. The largest absolute Gasteiger partial charge is 0.489 e. The van der Waals surface area contributed by atoms with Gasteiger partial charge in [-0.05, 0) is 76.7 Å². The lowest BCUT2D eigenvalue weighted by Gasteiger charge is -2.25. The predicted molar refractivity (Wildman–Crippen MR) is 180 cm³/mol. The molecule has 1 aliphatic carbocycles. The number of carboxylic acid groups (broad SMARTS) is 1. The van der Waals surface area contributed by atoms with E-state index in [-0.39, 0.29) is 12.2 Å². The molecule has 0 atom stereocenters. The number of hydrogen-bond acceptors (Lipinski definition) is 10. The quantitative estimate of drug-likeness (QED) is 0.161. The van der Waals surface area contributed by atoms with Crippen molar-refractivity contribution < 1.29 is 14.6 Å². The number of halogens is 1. The van der Waals surface area contributed by atoms with Crippen LogP contribution >= 0.6 is 11.6 Å². The van der Waals surface area contributed by atoms with Gasteiger partial charge in [0.05, 0.1) is 23.0 Å². The Labute approximate surface area is 284 Å². The maximum Gasteiger partial charge on any atom is 0.335 e. The summed E-state index contributed by atoms with van der Waals surface area (Å²) in [5, 5.41) is 41.6. The first-order chi connectivity index (χ1) is 24.0. The lowest BCUT2D eigenvalue weighted by atomic mass is 9.84. The molecule has 8 rings (SSSR count). The van der Waals surface area contributed by atoms with Crippen LogP contribution in [-0.2, 0) is 6.61 Å². The molecule has 4 aromatic heterocycles. The Morgan fingerprint density at radius 1 is 0.898 bits per heavy atom. The molecule has 1 saturated carbocycles. The van der Waals surface area contributed by atoms with Gasteiger partial charge in [0.15, 0.2) is 12.0 Å². The fourth-order valence-corrected chi connectivity index (χ4v) is 6.28. The number of hydrogen-bond donors (Lipinski definition) is 3. The predicted octanol–water partition coefficient (Wildman–Crippen LogP) is 6.42. The van der Waals surface area contributed by atoms with E-state index < -0.39 is 5.97 Å². The van der Waals surface area contributed by atoms with Crippen LogP contribution in [0.25, 0.3) is 39.3 Å². The molecule has 49 heavy (non-hydrogen) atoms. The van der Waals surface area contributed by atoms with E-state index in [0.29, 0.717) is 28.2 Å². The first-order valence-electron chi connectivity index (χ1n) is 15.7. The molecule has 15 heteroatoms. The second-order valence-electron chi connectivity index (χ2n) is 11.5. The molecule has 1 fully saturated rings. The first-order valence-corrected chi connectivity index (χ1v) is 16.0. The number of rotatable bonds is 8. The fourth-order valence-electron chi connectivity index (χ4n) is 6.15. The molecule has 0 saturated heterocycles. The standard InChI is InChI=1S/C33H28ClN7O3.CH2N4/c34-25-11-6-20(7-12-25)27-15-10-23(33(42)43)16-24(27)19-44-26-13-8-21(9-14-26)28-17-35-32-29(31-37-39-40-38-31)18-36-41(32)30(28)22-4-2-1-3-5-22;1-2-4-5-3-1/h6-18,22H,1-5,19H2,(H,42,43)(H,37,38,39,40);1H,(H,2,3,4,5). The zero-order valence-corrected chi connectivity index (χ0v) is 26.8. The lowest BCUT2D eigenvalue weighted by molar-refractivity contribution is 0.0696. The third kappa shape index (κ3) is 6.99. The molecule has 0 radical (unpaired) electrons. The van der Waals surface area contributed by atoms with Crippen LogP contribution in [0.4, 0.5) is 0 Å². The third-order valence-corrected chi connectivity index (χ3v) is 8.73. The van der Waals surface area contributed by atoms with E-state index in [9.17, 15) is 9.90 Å². The van der Waals surface area contributed by atoms with Gasteiger partial charge in [0.1, 0.15) is 12.4 Å². The Hall–Kier alpha value is -6.02. The van der Waals surface area contributed by atoms with Gasteiger partial charge in [-0.15, -0.1) is 20.4 Å². The summed E-state index contributed by atoms with van der Waals surface area (Å²) in [6.07, 6.45) is 10.8. The molecule has 0 unspecified atom stereocenters. The molecule has 0 bridgehead atoms. The highest BCUT2D eigenvalue weighted by Crippen LogP contribution is 2.39. The van der Waals surface area contributed by atoms with E-state index in [1.165, 1.54) is 25.6 Å². The summed E-state index contributed by atoms with van der Waals surface area (Å²) < 4.78 is 8.13. The van der Waals surface area contributed by atoms with Gasteiger partial charge in [-0.25, -0.2) is 14.3 Å². The Bertz CT molecular complexity index is 2130. The maximum atomic E-state index is 11.7. The highest BCUT2D eigenvalue weighted by Gasteiger charge is 2.25. The van der Waals surface area contributed by atoms with Gasteiger partial charge in [0, 0.05) is 22.7 Å². The number of H-pyrrole nitrogens is 2. The summed E-state index contributed by atoms with van der Waals surface area (Å²) in [5.74, 6) is 0.498. The molecule has 246 valence electrons. The van der Waals surface area contributed by atoms with Crippen molar-refractivity contribution in [3.05, 3.63) is 107 Å². The average Bonchev–Trinajstić information content (AvgIpc) is 3.96. The lowest BCUT2D eigenvalue weighted by Crippen LogP contribution is -2.12. The second-order valence-corrected chi connectivity index (χ2v) is 11.9. The van der Waals surface area contributed by atoms with Gasteiger partial charge in [0.25, 0.3) is 0 Å². The number of nitrogens with one attached hydrogen (secondary N) is 2. The monoisotopic (exact) mass is 675 g/mol. The number of aromatic nitrogens is 11. The smallest absolute Gasteiger partial charge is 0.335 e. The maximum absolute atomic E-state index is 11.7. The molecule has 3 aromatic carbocycles. The van der Waals surface area contributed by atoms with Gasteiger partial charge in [-0.2, -0.15) is 15.5 Å². The van der Waals surface area contributed by atoms with Crippen molar-refractivity contribution in [3.8, 4) is 39.4 Å². The van der Waals surface area contributed by atoms with Gasteiger partial charge >= 0.3 is 5.97 Å². The minimum absolute atomic E-state index is 0.200. The highest BCUT2D eigenvalue weighted by atomic mass is 35.5. The zero-order valence-electron chi connectivity index (χ0n) is 26.1. The summed E-state index contributed by atoms with van der Waals surface area (Å²) in [4.78, 5) is 16.5. The molecular weight excluding hydrogens is 646 g/mol. The Morgan fingerprint density at radius 2 is 1.67 bits per heavy atom. The van der Waals surface area contributed by atoms with Crippen molar-refractivity contribution in [1.82, 2.24) is 55.8 Å². The van der Waals surface area contributed by atoms with E-state index in [4.69, 9.17) is 26.4 Å². The minimum atomic E-state index is -0.987. The van der Waals surface area contributed by atoms with Crippen LogP contribution in [0.15, 0.2) is 85.5 Å². The molecule has 0 aliphatic heterocycles. The number of ether oxygens (including phenoxy) is 1. The first kappa shape index (κ1) is 31.6. The number of tetrazole rings is 2. The number of carboxylic acids is 1. The van der Waals surface area contributed by atoms with Crippen LogP contribution < -0.4 is 4.74 Å². The molecule has 7 aromatic rings. The summed E-state index contributed by atoms with van der Waals surface area (Å²) in [7, 11) is 0. The van der Waals surface area contributed by atoms with Crippen LogP contribution in [0.5, 0.6) is 5.75 Å². The molecule has 14 nitrogen and oxygen atoms in total. The highest BCUT2D eigenvalue weighted by molar-refractivity contribution is 6.30. The molecule has 0 spiro atoms. The van der Waals surface area contributed by atoms with Crippen molar-refractivity contribution in [3.63, 3.8) is 0 Å². The van der Waals surface area contributed by atoms with Gasteiger partial charge in [-0.1, -0.05) is 66.4 Å². The summed E-state index contributed by atoms with van der Waals surface area (Å²) in [6, 6.07) is 20.4. The van der Waals surface area contributed by atoms with Crippen LogP contribution in [0.3, 0.4) is 0 Å². The SMILES string of the molecule is O=C(O)c1ccc(-c2ccc(Cl)cc2)c(COc2ccc(-c3cnc4c(-c5nn[nH]n5)cnn4c3C3CCCCC3)cc2)c1.c1nn[nH]n1. The van der Waals surface area contributed by atoms with E-state index in [0.717, 1.165) is 51.9 Å². The Kier molecular flexibility index (Phi) is 9.28. The molecular formula is C34H30ClN11O3. The van der Waals surface area contributed by atoms with Gasteiger partial charge in [-0.3, -0.25) is 0 Å². The average molecular weight is 676 g/mol. The topological polar surface area (TPSA) is 186 Å². The van der Waals surface area contributed by atoms with E-state index in [1.54, 1.807) is 18.3 Å². The van der Waals surface area contributed by atoms with E-state index in [1.807, 2.05) is 65.3 Å². The van der Waals surface area contributed by atoms with Crippen LogP contribution in [0.1, 0.15) is 59.6 Å². The van der Waals surface area contributed by atoms with Crippen molar-refractivity contribution in [1.29, 1.82) is 0 Å². The molecule has 0 amide bonds. The molecule has 3 N–H and O–H groups in total. The number of nitrogens with zero attached hydrogens (tertiary/aromatic N) is 9. The number of fused-ring (bicyclic) bond motifs is 1. The van der Waals surface area contributed by atoms with Crippen molar-refractivity contribution in [2.75, 3.05) is 0 Å². The molecule has 4 heterocycles. The Balaban J connectivity index is 0.000000695. The van der Waals surface area contributed by atoms with Crippen LogP contribution in [0, 0.1) is 0 Å². The fraction of sp³-hybridized carbons (Fsp3) is 0.206. The second kappa shape index (κ2) is 14.4. The van der Waals surface area contributed by atoms with Gasteiger partial charge < -0.3 is 9.84 Å². The third-order valence-electron chi connectivity index (χ3n) is 8.48. The normalized spacial score (nSPS) is 13.2. The number of benzene rings is 3. The number of aromatic carboxylic acids is 1. The zero-order chi connectivity index (χ0) is 33.6. The van der Waals surface area contributed by atoms with Crippen molar-refractivity contribution in [2.24, 2.45) is 0 Å². The summed E-state index contributed by atoms with van der Waals surface area (Å²) >= 11 is 6.09. The van der Waals surface area contributed by atoms with Crippen molar-refractivity contribution >= 4 is 23.2 Å². The van der Waals surface area contributed by atoms with Crippen LogP contribution in [-0.4, -0.2) is 66.9 Å². The van der Waals surface area contributed by atoms with Gasteiger partial charge in [0.2, 0.25) is 5.82 Å². The van der Waals surface area contributed by atoms with Crippen molar-refractivity contribution in [2.45, 2.75) is 44.6 Å². The van der Waals surface area contributed by atoms with Crippen LogP contribution in [0.2, 0.25) is 5.02 Å². The number of carbonyl (C=O) groups is 1. The van der Waals surface area contributed by atoms with E-state index >= 15 is 0 Å². The number of aromatic amines is 2. The Morgan fingerprint density at radius 3 is 2.35 bits per heavy atom. The van der Waals surface area contributed by atoms with E-state index in [2.05, 4.69) is 41.2 Å². The summed E-state index contributed by atoms with van der Waals surface area (Å²) in [5.41, 5.74) is 7.40. The molecule has 1 aliphatic rings. The summed E-state index contributed by atoms with van der Waals surface area (Å²) in [6.45, 7) is 0.200.